The van der Waals surface area contributed by atoms with Crippen molar-refractivity contribution in [3.63, 3.8) is 0 Å². The first-order chi connectivity index (χ1) is 18.0. The molecule has 0 saturated heterocycles. The van der Waals surface area contributed by atoms with Crippen molar-refractivity contribution >= 4 is 22.9 Å². The Morgan fingerprint density at radius 3 is 2.68 bits per heavy atom. The number of aliphatic hydroxyl groups excluding tert-OH is 2. The number of oxazole rings is 1. The first-order valence-electron chi connectivity index (χ1n) is 13.4. The van der Waals surface area contributed by atoms with E-state index in [1.54, 1.807) is 26.0 Å². The van der Waals surface area contributed by atoms with E-state index in [4.69, 9.17) is 14.9 Å². The van der Waals surface area contributed by atoms with Crippen LogP contribution >= 0.6 is 0 Å². The van der Waals surface area contributed by atoms with E-state index in [0.29, 0.717) is 29.8 Å². The van der Waals surface area contributed by atoms with Crippen LogP contribution in [0.4, 0.5) is 0 Å². The number of cyclic esters (lactones) is 1. The van der Waals surface area contributed by atoms with Crippen molar-refractivity contribution in [1.29, 1.82) is 0 Å². The van der Waals surface area contributed by atoms with Crippen LogP contribution in [0.1, 0.15) is 83.8 Å². The summed E-state index contributed by atoms with van der Waals surface area (Å²) in [5.41, 5.74) is 7.51. The number of carbonyl (C=O) groups excluding carboxylic acids is 2. The van der Waals surface area contributed by atoms with Gasteiger partial charge in [-0.25, -0.2) is 4.98 Å². The summed E-state index contributed by atoms with van der Waals surface area (Å²) in [6.07, 6.45) is 3.73. The number of nitrogens with zero attached hydrogens (tertiary/aromatic N) is 1. The topological polar surface area (TPSA) is 136 Å². The van der Waals surface area contributed by atoms with Gasteiger partial charge in [-0.15, -0.1) is 6.58 Å². The van der Waals surface area contributed by atoms with Gasteiger partial charge in [0.2, 0.25) is 5.89 Å². The fourth-order valence-electron chi connectivity index (χ4n) is 5.06. The van der Waals surface area contributed by atoms with E-state index in [9.17, 15) is 19.8 Å². The van der Waals surface area contributed by atoms with Gasteiger partial charge in [0, 0.05) is 12.3 Å². The van der Waals surface area contributed by atoms with Crippen LogP contribution in [-0.2, 0) is 20.9 Å². The number of rotatable bonds is 4. The summed E-state index contributed by atoms with van der Waals surface area (Å²) < 4.78 is 11.5. The highest BCUT2D eigenvalue weighted by Crippen LogP contribution is 2.35. The maximum absolute atomic E-state index is 13.6. The molecule has 1 aromatic carbocycles. The minimum Gasteiger partial charge on any atom is -0.457 e. The Balaban J connectivity index is 1.93. The quantitative estimate of drug-likeness (QED) is 0.377. The van der Waals surface area contributed by atoms with Gasteiger partial charge in [-0.2, -0.15) is 0 Å². The molecule has 2 heterocycles. The van der Waals surface area contributed by atoms with Crippen molar-refractivity contribution in [3.8, 4) is 0 Å². The van der Waals surface area contributed by atoms with Crippen LogP contribution in [0.15, 0.2) is 46.9 Å². The Bertz CT molecular complexity index is 1170. The van der Waals surface area contributed by atoms with Gasteiger partial charge < -0.3 is 25.1 Å². The van der Waals surface area contributed by atoms with Gasteiger partial charge in [-0.05, 0) is 56.2 Å². The Morgan fingerprint density at radius 2 is 2.00 bits per heavy atom. The summed E-state index contributed by atoms with van der Waals surface area (Å²) in [4.78, 5) is 31.0. The van der Waals surface area contributed by atoms with Gasteiger partial charge in [0.1, 0.15) is 17.4 Å². The standard InChI is InChI=1S/C30H42N2O6/c1-6-8-21-28(35)19(3)10-7-9-18(2)11-13-23(38-27(34)16-25(33)30(4,5)29(21)36)20-12-14-24-22(15-20)32-26(17-31)37-24/h6,11-12,14-15,19,21,23,25,28,33,35H,1,7-10,13,16-17,31H2,2-5H3. The molecule has 1 aromatic heterocycles. The highest BCUT2D eigenvalue weighted by Gasteiger charge is 2.43. The Morgan fingerprint density at radius 1 is 1.26 bits per heavy atom. The highest BCUT2D eigenvalue weighted by molar-refractivity contribution is 5.88. The Kier molecular flexibility index (Phi) is 10.0. The zero-order chi connectivity index (χ0) is 28.0. The number of allylic oxidation sites excluding steroid dienone is 2. The zero-order valence-electron chi connectivity index (χ0n) is 23.0. The van der Waals surface area contributed by atoms with Gasteiger partial charge >= 0.3 is 5.97 Å². The van der Waals surface area contributed by atoms with E-state index in [0.717, 1.165) is 30.4 Å². The molecule has 5 unspecified atom stereocenters. The number of aliphatic hydroxyl groups is 2. The second-order valence-electron chi connectivity index (χ2n) is 11.1. The van der Waals surface area contributed by atoms with E-state index in [2.05, 4.69) is 17.6 Å². The molecule has 1 aliphatic heterocycles. The number of ether oxygens (including phenoxy) is 1. The highest BCUT2D eigenvalue weighted by atomic mass is 16.5. The Hall–Kier alpha value is -2.81. The third kappa shape index (κ3) is 6.98. The van der Waals surface area contributed by atoms with Gasteiger partial charge in [0.15, 0.2) is 5.58 Å². The summed E-state index contributed by atoms with van der Waals surface area (Å²) in [6.45, 7) is 11.1. The van der Waals surface area contributed by atoms with Gasteiger partial charge in [-0.3, -0.25) is 9.59 Å². The number of esters is 1. The molecular weight excluding hydrogens is 484 g/mol. The van der Waals surface area contributed by atoms with Gasteiger partial charge in [0.05, 0.1) is 30.6 Å². The first-order valence-corrected chi connectivity index (χ1v) is 13.4. The van der Waals surface area contributed by atoms with E-state index < -0.39 is 35.6 Å². The van der Waals surface area contributed by atoms with Crippen molar-refractivity contribution in [2.24, 2.45) is 23.0 Å². The van der Waals surface area contributed by atoms with Crippen LogP contribution in [-0.4, -0.2) is 39.2 Å². The van der Waals surface area contributed by atoms with Gasteiger partial charge in [-0.1, -0.05) is 44.6 Å². The van der Waals surface area contributed by atoms with Crippen LogP contribution in [0.5, 0.6) is 0 Å². The van der Waals surface area contributed by atoms with Crippen molar-refractivity contribution in [2.45, 2.75) is 91.1 Å². The smallest absolute Gasteiger partial charge is 0.309 e. The summed E-state index contributed by atoms with van der Waals surface area (Å²) >= 11 is 0. The molecule has 1 aliphatic rings. The van der Waals surface area contributed by atoms with Crippen molar-refractivity contribution < 1.29 is 29.0 Å². The third-order valence-electron chi connectivity index (χ3n) is 7.77. The zero-order valence-corrected chi connectivity index (χ0v) is 23.0. The molecule has 3 rings (SSSR count). The summed E-state index contributed by atoms with van der Waals surface area (Å²) in [5, 5.41) is 22.1. The molecule has 0 aliphatic carbocycles. The summed E-state index contributed by atoms with van der Waals surface area (Å²) in [7, 11) is 0. The molecule has 2 aromatic rings. The van der Waals surface area contributed by atoms with Crippen LogP contribution in [0.2, 0.25) is 0 Å². The lowest BCUT2D eigenvalue weighted by atomic mass is 9.71. The lowest BCUT2D eigenvalue weighted by Gasteiger charge is -2.35. The number of carbonyl (C=O) groups is 2. The van der Waals surface area contributed by atoms with Crippen molar-refractivity contribution in [2.75, 3.05) is 0 Å². The summed E-state index contributed by atoms with van der Waals surface area (Å²) in [6, 6.07) is 5.44. The average molecular weight is 527 g/mol. The van der Waals surface area contributed by atoms with Crippen LogP contribution < -0.4 is 5.73 Å². The van der Waals surface area contributed by atoms with Crippen LogP contribution in [0.25, 0.3) is 11.1 Å². The number of Topliss-reactive ketones (excluding diaryl/α,β-unsaturated/α-hetero) is 1. The normalized spacial score (nSPS) is 28.1. The molecule has 0 saturated carbocycles. The molecule has 0 fully saturated rings. The van der Waals surface area contributed by atoms with Crippen LogP contribution in [0.3, 0.4) is 0 Å². The predicted octanol–water partition coefficient (Wildman–Crippen LogP) is 4.93. The minimum atomic E-state index is -1.28. The molecule has 0 spiro atoms. The molecule has 0 amide bonds. The lowest BCUT2D eigenvalue weighted by Crippen LogP contribution is -2.46. The summed E-state index contributed by atoms with van der Waals surface area (Å²) in [5.74, 6) is -1.30. The molecule has 8 heteroatoms. The number of fused-ring (bicyclic) bond motifs is 1. The van der Waals surface area contributed by atoms with Crippen molar-refractivity contribution in [1.82, 2.24) is 4.98 Å². The SMILES string of the molecule is C=CCC1C(=O)C(C)(C)C(O)CC(=O)OC(c2ccc3oc(CN)nc3c2)CC=C(C)CCCC(C)C1O. The molecule has 8 nitrogen and oxygen atoms in total. The second kappa shape index (κ2) is 12.8. The molecule has 4 N–H and O–H groups in total. The van der Waals surface area contributed by atoms with Gasteiger partial charge in [0.25, 0.3) is 0 Å². The number of benzene rings is 1. The monoisotopic (exact) mass is 526 g/mol. The maximum Gasteiger partial charge on any atom is 0.309 e. The second-order valence-corrected chi connectivity index (χ2v) is 11.1. The lowest BCUT2D eigenvalue weighted by molar-refractivity contribution is -0.156. The average Bonchev–Trinajstić information content (AvgIpc) is 3.30. The van der Waals surface area contributed by atoms with Crippen LogP contribution in [0, 0.1) is 17.3 Å². The number of hydrogen-bond donors (Lipinski definition) is 3. The molecule has 208 valence electrons. The third-order valence-corrected chi connectivity index (χ3v) is 7.77. The molecule has 38 heavy (non-hydrogen) atoms. The van der Waals surface area contributed by atoms with E-state index in [1.807, 2.05) is 26.0 Å². The fraction of sp³-hybridized carbons (Fsp3) is 0.567. The largest absolute Gasteiger partial charge is 0.457 e. The number of hydrogen-bond acceptors (Lipinski definition) is 8. The maximum atomic E-state index is 13.6. The molecule has 5 atom stereocenters. The minimum absolute atomic E-state index is 0.108. The molecule has 0 radical (unpaired) electrons. The molecular formula is C30H42N2O6. The Labute approximate surface area is 225 Å². The van der Waals surface area contributed by atoms with Crippen molar-refractivity contribution in [3.05, 3.63) is 54.0 Å². The number of nitrogens with two attached hydrogens (primary N) is 1. The van der Waals surface area contributed by atoms with E-state index in [1.165, 1.54) is 0 Å². The predicted molar refractivity (Wildman–Crippen MR) is 146 cm³/mol. The number of aromatic nitrogens is 1. The van der Waals surface area contributed by atoms with E-state index >= 15 is 0 Å². The van der Waals surface area contributed by atoms with E-state index in [-0.39, 0.29) is 24.7 Å². The number of ketones is 1. The fourth-order valence-corrected chi connectivity index (χ4v) is 5.06. The molecule has 0 bridgehead atoms. The first kappa shape index (κ1) is 29.7.